The maximum atomic E-state index is 15.3. The molecule has 4 amide bonds. The minimum atomic E-state index is -0.849. The fourth-order valence-corrected chi connectivity index (χ4v) is 10.3. The van der Waals surface area contributed by atoms with E-state index >= 15 is 4.39 Å². The maximum absolute atomic E-state index is 15.3. The molecule has 2 saturated heterocycles. The molecule has 3 aliphatic heterocycles. The van der Waals surface area contributed by atoms with Crippen LogP contribution >= 0.6 is 11.6 Å². The van der Waals surface area contributed by atoms with Crippen molar-refractivity contribution in [2.24, 2.45) is 7.05 Å². The highest BCUT2D eigenvalue weighted by molar-refractivity contribution is 6.35. The Morgan fingerprint density at radius 2 is 1.66 bits per heavy atom. The van der Waals surface area contributed by atoms with Crippen molar-refractivity contribution in [2.45, 2.75) is 85.0 Å². The van der Waals surface area contributed by atoms with Crippen LogP contribution in [0.4, 0.5) is 8.78 Å². The van der Waals surface area contributed by atoms with Crippen molar-refractivity contribution in [1.82, 2.24) is 34.4 Å². The van der Waals surface area contributed by atoms with Crippen LogP contribution in [-0.2, 0) is 45.7 Å². The summed E-state index contributed by atoms with van der Waals surface area (Å²) < 4.78 is 51.4. The average Bonchev–Trinajstić information content (AvgIpc) is 3.90. The predicted octanol–water partition coefficient (Wildman–Crippen LogP) is 7.69. The van der Waals surface area contributed by atoms with E-state index in [0.29, 0.717) is 80.7 Å². The van der Waals surface area contributed by atoms with E-state index < -0.39 is 47.8 Å². The topological polar surface area (TPSA) is 158 Å². The van der Waals surface area contributed by atoms with Crippen LogP contribution in [0.25, 0.3) is 32.8 Å². The first-order valence-corrected chi connectivity index (χ1v) is 24.2. The number of esters is 1. The first kappa shape index (κ1) is 49.1. The lowest BCUT2D eigenvalue weighted by atomic mass is 9.98. The lowest BCUT2D eigenvalue weighted by molar-refractivity contribution is -0.137. The lowest BCUT2D eigenvalue weighted by Crippen LogP contribution is -2.52. The minimum Gasteiger partial charge on any atom is -0.493 e. The largest absolute Gasteiger partial charge is 0.493 e. The molecule has 2 fully saturated rings. The summed E-state index contributed by atoms with van der Waals surface area (Å²) in [5, 5.41) is 9.87. The van der Waals surface area contributed by atoms with Crippen molar-refractivity contribution in [3.63, 3.8) is 0 Å². The van der Waals surface area contributed by atoms with E-state index in [9.17, 15) is 28.4 Å². The first-order chi connectivity index (χ1) is 33.9. The van der Waals surface area contributed by atoms with Crippen LogP contribution in [0.2, 0.25) is 5.02 Å². The molecular weight excluding hydrogens is 936 g/mol. The number of fused-ring (bicyclic) bond motifs is 3. The number of aromatic nitrogens is 3. The van der Waals surface area contributed by atoms with Crippen LogP contribution in [0, 0.1) is 25.5 Å². The van der Waals surface area contributed by atoms with Gasteiger partial charge in [0.25, 0.3) is 11.8 Å². The Kier molecular flexibility index (Phi) is 13.7. The number of halogens is 3. The van der Waals surface area contributed by atoms with Crippen LogP contribution in [0.5, 0.6) is 11.5 Å². The van der Waals surface area contributed by atoms with Crippen molar-refractivity contribution in [2.75, 3.05) is 45.9 Å². The van der Waals surface area contributed by atoms with Crippen molar-refractivity contribution in [3.05, 3.63) is 111 Å². The molecule has 2 aromatic heterocycles. The monoisotopic (exact) mass is 991 g/mol. The molecule has 71 heavy (non-hydrogen) atoms. The highest BCUT2D eigenvalue weighted by Crippen LogP contribution is 2.43. The quantitative estimate of drug-likeness (QED) is 0.0652. The molecule has 4 aromatic carbocycles. The van der Waals surface area contributed by atoms with Crippen LogP contribution in [0.1, 0.15) is 83.4 Å². The van der Waals surface area contributed by atoms with Crippen molar-refractivity contribution >= 4 is 62.9 Å². The van der Waals surface area contributed by atoms with Gasteiger partial charge in [0.05, 0.1) is 22.8 Å². The summed E-state index contributed by atoms with van der Waals surface area (Å²) in [6.45, 7) is 12.0. The third kappa shape index (κ3) is 9.94. The van der Waals surface area contributed by atoms with Gasteiger partial charge in [-0.2, -0.15) is 5.10 Å². The van der Waals surface area contributed by atoms with Crippen LogP contribution in [-0.4, -0.2) is 116 Å². The zero-order valence-electron chi connectivity index (χ0n) is 40.6. The Balaban J connectivity index is 0.927. The molecule has 5 heterocycles. The van der Waals surface area contributed by atoms with Crippen molar-refractivity contribution < 1.29 is 47.0 Å². The number of carbonyl (C=O) groups excluding carboxylic acids is 5. The number of hydrogen-bond donors (Lipinski definition) is 1. The smallest absolute Gasteiger partial charge is 0.355 e. The Labute approximate surface area is 414 Å². The number of rotatable bonds is 14. The van der Waals surface area contributed by atoms with Gasteiger partial charge in [0.2, 0.25) is 11.8 Å². The molecular formula is C53H56ClF2N7O8. The number of amides is 4. The summed E-state index contributed by atoms with van der Waals surface area (Å²) in [6.07, 6.45) is 1.27. The van der Waals surface area contributed by atoms with Gasteiger partial charge in [-0.15, -0.1) is 0 Å². The summed E-state index contributed by atoms with van der Waals surface area (Å²) in [4.78, 5) is 70.6. The Morgan fingerprint density at radius 3 is 2.38 bits per heavy atom. The average molecular weight is 993 g/mol. The Bertz CT molecular complexity index is 3130. The predicted molar refractivity (Wildman–Crippen MR) is 262 cm³/mol. The zero-order chi connectivity index (χ0) is 50.5. The van der Waals surface area contributed by atoms with Crippen LogP contribution < -0.4 is 14.8 Å². The van der Waals surface area contributed by atoms with E-state index in [1.165, 1.54) is 23.1 Å². The van der Waals surface area contributed by atoms with E-state index in [1.807, 2.05) is 81.2 Å². The molecule has 6 aromatic rings. The Morgan fingerprint density at radius 1 is 0.901 bits per heavy atom. The molecule has 1 atom stereocenters. The lowest BCUT2D eigenvalue weighted by Gasteiger charge is -2.35. The highest BCUT2D eigenvalue weighted by atomic mass is 35.5. The van der Waals surface area contributed by atoms with E-state index in [2.05, 4.69) is 10.2 Å². The molecule has 372 valence electrons. The highest BCUT2D eigenvalue weighted by Gasteiger charge is 2.40. The van der Waals surface area contributed by atoms with Gasteiger partial charge in [-0.1, -0.05) is 29.8 Å². The third-order valence-corrected chi connectivity index (χ3v) is 13.9. The van der Waals surface area contributed by atoms with Crippen molar-refractivity contribution in [3.8, 4) is 22.6 Å². The number of ether oxygens (including phenoxy) is 3. The summed E-state index contributed by atoms with van der Waals surface area (Å²) >= 11 is 7.18. The number of hydrogen-bond acceptors (Lipinski definition) is 10. The van der Waals surface area contributed by atoms with E-state index in [0.717, 1.165) is 55.8 Å². The number of piperidine rings is 1. The van der Waals surface area contributed by atoms with Gasteiger partial charge in [0.15, 0.2) is 18.2 Å². The van der Waals surface area contributed by atoms with Gasteiger partial charge in [-0.05, 0) is 113 Å². The fraction of sp³-hybridized carbons (Fsp3) is 0.396. The second-order valence-corrected chi connectivity index (χ2v) is 19.8. The second-order valence-electron chi connectivity index (χ2n) is 19.4. The van der Waals surface area contributed by atoms with Gasteiger partial charge < -0.3 is 28.6 Å². The number of aryl methyl sites for hydroxylation is 3. The molecule has 0 bridgehead atoms. The van der Waals surface area contributed by atoms with Gasteiger partial charge in [0.1, 0.15) is 28.9 Å². The van der Waals surface area contributed by atoms with Gasteiger partial charge in [0, 0.05) is 92.4 Å². The number of piperazine rings is 1. The first-order valence-electron chi connectivity index (χ1n) is 23.9. The third-order valence-electron chi connectivity index (χ3n) is 13.6. The maximum Gasteiger partial charge on any atom is 0.355 e. The molecule has 0 aliphatic carbocycles. The molecule has 1 N–H and O–H groups in total. The standard InChI is InChI=1S/C53H56ClF2N7O8/c1-30-46(31(2)59(6)58-30)47-39(54)15-14-37-36(10-8-24-69-42-11-7-9-32-25-34(55)12-13-35(32)42)49(52(68)71-53(3,4)5)62(48(37)47)23-20-60-18-21-61(22-19-60)45(65)29-70-43-26-33-28-63(51(67)38(33)27-40(43)56)41-16-17-44(64)57-50(41)66/h7,9,11-15,25-27,41H,8,10,16-24,28-29H2,1-6H3,(H,57,64,66). The summed E-state index contributed by atoms with van der Waals surface area (Å²) in [7, 11) is 1.88. The summed E-state index contributed by atoms with van der Waals surface area (Å²) in [6, 6.07) is 15.6. The molecule has 0 saturated carbocycles. The van der Waals surface area contributed by atoms with E-state index in [4.69, 9.17) is 30.9 Å². The van der Waals surface area contributed by atoms with E-state index in [-0.39, 0.29) is 42.4 Å². The zero-order valence-corrected chi connectivity index (χ0v) is 41.4. The van der Waals surface area contributed by atoms with Gasteiger partial charge >= 0.3 is 5.97 Å². The molecule has 0 radical (unpaired) electrons. The summed E-state index contributed by atoms with van der Waals surface area (Å²) in [5.41, 5.74) is 5.07. The minimum absolute atomic E-state index is 0.0376. The molecule has 1 unspecified atom stereocenters. The number of carbonyl (C=O) groups is 5. The molecule has 15 nitrogen and oxygen atoms in total. The number of benzene rings is 4. The SMILES string of the molecule is Cc1nn(C)c(C)c1-c1c(Cl)ccc2c(CCCOc3cccc4cc(F)ccc34)c(C(=O)OC(C)(C)C)n(CCN3CCN(C(=O)COc4cc5c(cc4F)C(=O)N(C4CCC(=O)NC4=O)C5)CC3)c12. The number of imide groups is 1. The molecule has 9 rings (SSSR count). The number of nitrogens with one attached hydrogen (secondary N) is 1. The second kappa shape index (κ2) is 19.7. The van der Waals surface area contributed by atoms with E-state index in [1.54, 1.807) is 11.0 Å². The Hall–Kier alpha value is -6.85. The van der Waals surface area contributed by atoms with Crippen molar-refractivity contribution in [1.29, 1.82) is 0 Å². The van der Waals surface area contributed by atoms with Crippen LogP contribution in [0.15, 0.2) is 60.7 Å². The van der Waals surface area contributed by atoms with Gasteiger partial charge in [-0.3, -0.25) is 34.1 Å². The number of nitrogens with zero attached hydrogens (tertiary/aromatic N) is 6. The summed E-state index contributed by atoms with van der Waals surface area (Å²) in [5.74, 6) is -2.97. The van der Waals surface area contributed by atoms with Crippen LogP contribution in [0.3, 0.4) is 0 Å². The fourth-order valence-electron chi connectivity index (χ4n) is 10.1. The normalized spacial score (nSPS) is 16.5. The van der Waals surface area contributed by atoms with Gasteiger partial charge in [-0.25, -0.2) is 13.6 Å². The molecule has 0 spiro atoms. The molecule has 18 heteroatoms. The molecule has 3 aliphatic rings.